The number of aromatic nitrogens is 1. The smallest absolute Gasteiger partial charge is 0.306 e. The lowest BCUT2D eigenvalue weighted by Crippen LogP contribution is -2.34. The molecule has 1 aromatic heterocycles. The SMILES string of the molecule is CC(CC(C)C(=O)O)NC(=O)c1cc[nH]c1. The molecule has 2 atom stereocenters. The van der Waals surface area contributed by atoms with Crippen molar-refractivity contribution in [1.82, 2.24) is 10.3 Å². The van der Waals surface area contributed by atoms with Gasteiger partial charge in [-0.25, -0.2) is 0 Å². The third-order valence-electron chi connectivity index (χ3n) is 2.37. The summed E-state index contributed by atoms with van der Waals surface area (Å²) in [5.41, 5.74) is 0.551. The van der Waals surface area contributed by atoms with Gasteiger partial charge >= 0.3 is 5.97 Å². The summed E-state index contributed by atoms with van der Waals surface area (Å²) >= 11 is 0. The summed E-state index contributed by atoms with van der Waals surface area (Å²) in [7, 11) is 0. The Morgan fingerprint density at radius 3 is 2.69 bits per heavy atom. The molecule has 0 bridgehead atoms. The predicted molar refractivity (Wildman–Crippen MR) is 59.1 cm³/mol. The number of nitrogens with one attached hydrogen (secondary N) is 2. The van der Waals surface area contributed by atoms with Crippen LogP contribution in [-0.2, 0) is 4.79 Å². The second kappa shape index (κ2) is 5.34. The Morgan fingerprint density at radius 1 is 1.50 bits per heavy atom. The molecule has 0 aliphatic carbocycles. The molecule has 1 rings (SSSR count). The number of aliphatic carboxylic acids is 1. The summed E-state index contributed by atoms with van der Waals surface area (Å²) in [6, 6.07) is 1.51. The van der Waals surface area contributed by atoms with Crippen LogP contribution in [0.4, 0.5) is 0 Å². The maximum atomic E-state index is 11.6. The number of hydrogen-bond acceptors (Lipinski definition) is 2. The lowest BCUT2D eigenvalue weighted by atomic mass is 10.0. The number of hydrogen-bond donors (Lipinski definition) is 3. The zero-order valence-corrected chi connectivity index (χ0v) is 9.36. The first-order chi connectivity index (χ1) is 7.50. The minimum absolute atomic E-state index is 0.159. The summed E-state index contributed by atoms with van der Waals surface area (Å²) in [5, 5.41) is 11.5. The third kappa shape index (κ3) is 3.42. The second-order valence-corrected chi connectivity index (χ2v) is 3.95. The fourth-order valence-corrected chi connectivity index (χ4v) is 1.46. The molecule has 1 heterocycles. The average molecular weight is 224 g/mol. The number of carbonyl (C=O) groups is 2. The Kier molecular flexibility index (Phi) is 4.10. The third-order valence-corrected chi connectivity index (χ3v) is 2.37. The summed E-state index contributed by atoms with van der Waals surface area (Å²) in [6.07, 6.45) is 3.69. The Hall–Kier alpha value is -1.78. The van der Waals surface area contributed by atoms with Crippen LogP contribution in [0.15, 0.2) is 18.5 Å². The van der Waals surface area contributed by atoms with Crippen LogP contribution in [0.3, 0.4) is 0 Å². The largest absolute Gasteiger partial charge is 0.481 e. The molecule has 2 unspecified atom stereocenters. The fourth-order valence-electron chi connectivity index (χ4n) is 1.46. The van der Waals surface area contributed by atoms with Gasteiger partial charge in [-0.3, -0.25) is 9.59 Å². The van der Waals surface area contributed by atoms with E-state index in [2.05, 4.69) is 10.3 Å². The second-order valence-electron chi connectivity index (χ2n) is 3.95. The van der Waals surface area contributed by atoms with Gasteiger partial charge in [0.1, 0.15) is 0 Å². The van der Waals surface area contributed by atoms with Gasteiger partial charge in [-0.1, -0.05) is 6.92 Å². The van der Waals surface area contributed by atoms with Crippen LogP contribution < -0.4 is 5.32 Å². The van der Waals surface area contributed by atoms with Crippen molar-refractivity contribution in [2.45, 2.75) is 26.3 Å². The molecule has 5 heteroatoms. The molecule has 0 aliphatic rings. The van der Waals surface area contributed by atoms with E-state index in [4.69, 9.17) is 5.11 Å². The molecule has 5 nitrogen and oxygen atoms in total. The van der Waals surface area contributed by atoms with E-state index in [1.54, 1.807) is 32.3 Å². The zero-order valence-electron chi connectivity index (χ0n) is 9.36. The first-order valence-corrected chi connectivity index (χ1v) is 5.17. The number of amides is 1. The molecule has 0 saturated heterocycles. The molecule has 0 saturated carbocycles. The van der Waals surface area contributed by atoms with E-state index in [1.807, 2.05) is 0 Å². The van der Waals surface area contributed by atoms with Crippen molar-refractivity contribution in [1.29, 1.82) is 0 Å². The molecule has 0 aromatic carbocycles. The summed E-state index contributed by atoms with van der Waals surface area (Å²) in [6.45, 7) is 3.42. The standard InChI is InChI=1S/C11H16N2O3/c1-7(11(15)16)5-8(2)13-10(14)9-3-4-12-6-9/h3-4,6-8,12H,5H2,1-2H3,(H,13,14)(H,15,16). The molecular formula is C11H16N2O3. The first kappa shape index (κ1) is 12.3. The highest BCUT2D eigenvalue weighted by Crippen LogP contribution is 2.06. The van der Waals surface area contributed by atoms with Crippen molar-refractivity contribution in [2.24, 2.45) is 5.92 Å². The van der Waals surface area contributed by atoms with Crippen LogP contribution >= 0.6 is 0 Å². The van der Waals surface area contributed by atoms with Crippen molar-refractivity contribution in [3.63, 3.8) is 0 Å². The molecule has 16 heavy (non-hydrogen) atoms. The normalized spacial score (nSPS) is 14.1. The minimum Gasteiger partial charge on any atom is -0.481 e. The lowest BCUT2D eigenvalue weighted by Gasteiger charge is -2.15. The van der Waals surface area contributed by atoms with E-state index >= 15 is 0 Å². The van der Waals surface area contributed by atoms with Gasteiger partial charge in [-0.05, 0) is 19.4 Å². The van der Waals surface area contributed by atoms with E-state index in [9.17, 15) is 9.59 Å². The van der Waals surface area contributed by atoms with E-state index in [0.717, 1.165) is 0 Å². The molecule has 0 spiro atoms. The first-order valence-electron chi connectivity index (χ1n) is 5.17. The van der Waals surface area contributed by atoms with Crippen LogP contribution in [0, 0.1) is 5.92 Å². The number of rotatable bonds is 5. The molecule has 1 aromatic rings. The van der Waals surface area contributed by atoms with Gasteiger partial charge in [0.05, 0.1) is 11.5 Å². The zero-order chi connectivity index (χ0) is 12.1. The van der Waals surface area contributed by atoms with Gasteiger partial charge in [0.2, 0.25) is 0 Å². The van der Waals surface area contributed by atoms with Gasteiger partial charge in [-0.15, -0.1) is 0 Å². The Balaban J connectivity index is 2.43. The number of carboxylic acids is 1. The highest BCUT2D eigenvalue weighted by Gasteiger charge is 2.17. The molecule has 1 amide bonds. The van der Waals surface area contributed by atoms with Crippen molar-refractivity contribution in [3.05, 3.63) is 24.0 Å². The van der Waals surface area contributed by atoms with Crippen molar-refractivity contribution >= 4 is 11.9 Å². The van der Waals surface area contributed by atoms with Crippen LogP contribution in [0.5, 0.6) is 0 Å². The van der Waals surface area contributed by atoms with Crippen LogP contribution in [-0.4, -0.2) is 28.0 Å². The van der Waals surface area contributed by atoms with Crippen molar-refractivity contribution in [2.75, 3.05) is 0 Å². The topological polar surface area (TPSA) is 82.2 Å². The Bertz CT molecular complexity index is 359. The van der Waals surface area contributed by atoms with Gasteiger partial charge < -0.3 is 15.4 Å². The molecule has 0 radical (unpaired) electrons. The predicted octanol–water partition coefficient (Wildman–Crippen LogP) is 1.24. The van der Waals surface area contributed by atoms with Gasteiger partial charge in [-0.2, -0.15) is 0 Å². The highest BCUT2D eigenvalue weighted by atomic mass is 16.4. The number of carboxylic acid groups (broad SMARTS) is 1. The molecule has 0 aliphatic heterocycles. The molecule has 0 fully saturated rings. The minimum atomic E-state index is -0.845. The quantitative estimate of drug-likeness (QED) is 0.703. The van der Waals surface area contributed by atoms with Crippen molar-refractivity contribution < 1.29 is 14.7 Å². The van der Waals surface area contributed by atoms with E-state index < -0.39 is 11.9 Å². The summed E-state index contributed by atoms with van der Waals surface area (Å²) < 4.78 is 0. The van der Waals surface area contributed by atoms with E-state index in [-0.39, 0.29) is 11.9 Å². The van der Waals surface area contributed by atoms with Gasteiger partial charge in [0.25, 0.3) is 5.91 Å². The molecular weight excluding hydrogens is 208 g/mol. The molecule has 88 valence electrons. The van der Waals surface area contributed by atoms with Crippen LogP contribution in [0.1, 0.15) is 30.6 Å². The summed E-state index contributed by atoms with van der Waals surface area (Å²) in [5.74, 6) is -1.49. The average Bonchev–Trinajstić information content (AvgIpc) is 2.69. The maximum absolute atomic E-state index is 11.6. The molecule has 3 N–H and O–H groups in total. The van der Waals surface area contributed by atoms with E-state index in [0.29, 0.717) is 12.0 Å². The Morgan fingerprint density at radius 2 is 2.19 bits per heavy atom. The van der Waals surface area contributed by atoms with Crippen LogP contribution in [0.2, 0.25) is 0 Å². The number of aromatic amines is 1. The van der Waals surface area contributed by atoms with Crippen LogP contribution in [0.25, 0.3) is 0 Å². The van der Waals surface area contributed by atoms with Gasteiger partial charge in [0.15, 0.2) is 0 Å². The van der Waals surface area contributed by atoms with E-state index in [1.165, 1.54) is 0 Å². The highest BCUT2D eigenvalue weighted by molar-refractivity contribution is 5.94. The number of H-pyrrole nitrogens is 1. The lowest BCUT2D eigenvalue weighted by molar-refractivity contribution is -0.141. The summed E-state index contributed by atoms with van der Waals surface area (Å²) in [4.78, 5) is 25.0. The number of carbonyl (C=O) groups excluding carboxylic acids is 1. The monoisotopic (exact) mass is 224 g/mol. The van der Waals surface area contributed by atoms with Gasteiger partial charge in [0, 0.05) is 18.4 Å². The Labute approximate surface area is 93.9 Å². The van der Waals surface area contributed by atoms with Crippen molar-refractivity contribution in [3.8, 4) is 0 Å². The fraction of sp³-hybridized carbons (Fsp3) is 0.455. The maximum Gasteiger partial charge on any atom is 0.306 e.